The molecule has 5 heteroatoms. The molecule has 1 atom stereocenters. The number of amides is 1. The second-order valence-electron chi connectivity index (χ2n) is 4.36. The summed E-state index contributed by atoms with van der Waals surface area (Å²) in [6.45, 7) is 5.17. The first-order valence-corrected chi connectivity index (χ1v) is 8.71. The van der Waals surface area contributed by atoms with Crippen LogP contribution in [0.2, 0.25) is 0 Å². The molecule has 0 spiro atoms. The molecule has 1 rings (SSSR count). The second-order valence-corrected chi connectivity index (χ2v) is 7.58. The van der Waals surface area contributed by atoms with Crippen molar-refractivity contribution >= 4 is 49.1 Å². The minimum atomic E-state index is 0.0290. The van der Waals surface area contributed by atoms with Gasteiger partial charge in [0, 0.05) is 11.0 Å². The van der Waals surface area contributed by atoms with Gasteiger partial charge in [0.2, 0.25) is 0 Å². The van der Waals surface area contributed by atoms with Gasteiger partial charge >= 0.3 is 0 Å². The lowest BCUT2D eigenvalue weighted by Crippen LogP contribution is -2.28. The zero-order valence-corrected chi connectivity index (χ0v) is 14.8. The summed E-state index contributed by atoms with van der Waals surface area (Å²) >= 11 is 8.26. The molecule has 0 aliphatic rings. The normalized spacial score (nSPS) is 12.4. The van der Waals surface area contributed by atoms with Crippen molar-refractivity contribution < 1.29 is 4.79 Å². The van der Waals surface area contributed by atoms with Crippen LogP contribution in [-0.2, 0) is 0 Å². The Kier molecular flexibility index (Phi) is 7.49. The number of unbranched alkanes of at least 4 members (excludes halogenated alkanes) is 1. The molecule has 18 heavy (non-hydrogen) atoms. The molecule has 1 aromatic rings. The smallest absolute Gasteiger partial charge is 0.261 e. The number of carbonyl (C=O) groups excluding carboxylic acids is 1. The quantitative estimate of drug-likeness (QED) is 0.672. The molecule has 0 fully saturated rings. The third-order valence-electron chi connectivity index (χ3n) is 2.96. The Morgan fingerprint density at radius 3 is 2.67 bits per heavy atom. The van der Waals surface area contributed by atoms with Crippen molar-refractivity contribution in [2.75, 3.05) is 6.54 Å². The van der Waals surface area contributed by atoms with Crippen molar-refractivity contribution in [1.82, 2.24) is 5.32 Å². The predicted molar refractivity (Wildman–Crippen MR) is 85.4 cm³/mol. The molecule has 1 aromatic heterocycles. The maximum absolute atomic E-state index is 12.0. The minimum Gasteiger partial charge on any atom is -0.351 e. The highest BCUT2D eigenvalue weighted by Gasteiger charge is 2.13. The molecule has 0 bridgehead atoms. The molecule has 0 saturated heterocycles. The highest BCUT2D eigenvalue weighted by molar-refractivity contribution is 9.13. The predicted octanol–water partition coefficient (Wildman–Crippen LogP) is 5.22. The Morgan fingerprint density at radius 2 is 2.17 bits per heavy atom. The van der Waals surface area contributed by atoms with Crippen LogP contribution in [0.15, 0.2) is 14.3 Å². The van der Waals surface area contributed by atoms with E-state index in [-0.39, 0.29) is 5.91 Å². The number of hydrogen-bond acceptors (Lipinski definition) is 2. The van der Waals surface area contributed by atoms with Crippen LogP contribution in [0.5, 0.6) is 0 Å². The topological polar surface area (TPSA) is 29.1 Å². The van der Waals surface area contributed by atoms with Crippen LogP contribution in [0.3, 0.4) is 0 Å². The Labute approximate surface area is 130 Å². The molecular weight excluding hydrogens is 378 g/mol. The second kappa shape index (κ2) is 8.33. The number of thiophene rings is 1. The molecule has 0 aliphatic carbocycles. The van der Waals surface area contributed by atoms with E-state index in [9.17, 15) is 4.79 Å². The third-order valence-corrected chi connectivity index (χ3v) is 6.22. The van der Waals surface area contributed by atoms with E-state index in [0.717, 1.165) is 26.1 Å². The average molecular weight is 397 g/mol. The van der Waals surface area contributed by atoms with Gasteiger partial charge in [0.1, 0.15) is 0 Å². The number of rotatable bonds is 7. The van der Waals surface area contributed by atoms with Crippen LogP contribution < -0.4 is 5.32 Å². The van der Waals surface area contributed by atoms with Crippen molar-refractivity contribution in [2.45, 2.75) is 39.5 Å². The van der Waals surface area contributed by atoms with E-state index < -0.39 is 0 Å². The van der Waals surface area contributed by atoms with Crippen LogP contribution in [0.1, 0.15) is 49.2 Å². The monoisotopic (exact) mass is 395 g/mol. The van der Waals surface area contributed by atoms with E-state index in [2.05, 4.69) is 51.0 Å². The van der Waals surface area contributed by atoms with Crippen molar-refractivity contribution in [2.24, 2.45) is 5.92 Å². The first kappa shape index (κ1) is 16.2. The van der Waals surface area contributed by atoms with Crippen molar-refractivity contribution in [3.8, 4) is 0 Å². The Hall–Kier alpha value is 0.130. The largest absolute Gasteiger partial charge is 0.351 e. The maximum atomic E-state index is 12.0. The van der Waals surface area contributed by atoms with Gasteiger partial charge in [-0.1, -0.05) is 33.1 Å². The van der Waals surface area contributed by atoms with Crippen molar-refractivity contribution in [3.05, 3.63) is 19.2 Å². The van der Waals surface area contributed by atoms with Gasteiger partial charge in [-0.3, -0.25) is 4.79 Å². The van der Waals surface area contributed by atoms with Gasteiger partial charge in [0.05, 0.1) is 8.66 Å². The van der Waals surface area contributed by atoms with Crippen molar-refractivity contribution in [3.63, 3.8) is 0 Å². The fraction of sp³-hybridized carbons (Fsp3) is 0.615. The van der Waals surface area contributed by atoms with Gasteiger partial charge in [-0.25, -0.2) is 0 Å². The molecule has 1 N–H and O–H groups in total. The van der Waals surface area contributed by atoms with Crippen LogP contribution in [0, 0.1) is 5.92 Å². The molecule has 1 amide bonds. The number of halogens is 2. The lowest BCUT2D eigenvalue weighted by molar-refractivity contribution is 0.0950. The van der Waals surface area contributed by atoms with E-state index >= 15 is 0 Å². The first-order chi connectivity index (χ1) is 8.58. The summed E-state index contributed by atoms with van der Waals surface area (Å²) in [5.41, 5.74) is 0. The zero-order chi connectivity index (χ0) is 13.5. The Bertz CT molecular complexity index is 373. The third kappa shape index (κ3) is 5.02. The van der Waals surface area contributed by atoms with Gasteiger partial charge in [-0.2, -0.15) is 0 Å². The summed E-state index contributed by atoms with van der Waals surface area (Å²) in [5, 5.41) is 3.03. The van der Waals surface area contributed by atoms with E-state index in [0.29, 0.717) is 5.92 Å². The summed E-state index contributed by atoms with van der Waals surface area (Å²) in [6, 6.07) is 1.86. The molecule has 1 heterocycles. The summed E-state index contributed by atoms with van der Waals surface area (Å²) in [6.07, 6.45) is 4.78. The van der Waals surface area contributed by atoms with Crippen LogP contribution in [0.4, 0.5) is 0 Å². The molecule has 0 aromatic carbocycles. The van der Waals surface area contributed by atoms with Gasteiger partial charge in [-0.15, -0.1) is 11.3 Å². The molecular formula is C13H19Br2NOS. The van der Waals surface area contributed by atoms with Crippen LogP contribution >= 0.6 is 43.2 Å². The molecule has 0 saturated carbocycles. The van der Waals surface area contributed by atoms with Crippen LogP contribution in [0.25, 0.3) is 0 Å². The standard InChI is InChI=1S/C13H19Br2NOS/c1-3-5-6-9(4-2)8-16-13(17)11-7-10(14)12(15)18-11/h7,9H,3-6,8H2,1-2H3,(H,16,17). The highest BCUT2D eigenvalue weighted by atomic mass is 79.9. The first-order valence-electron chi connectivity index (χ1n) is 6.31. The van der Waals surface area contributed by atoms with Gasteiger partial charge < -0.3 is 5.32 Å². The van der Waals surface area contributed by atoms with Crippen molar-refractivity contribution in [1.29, 1.82) is 0 Å². The number of hydrogen-bond donors (Lipinski definition) is 1. The average Bonchev–Trinajstić information content (AvgIpc) is 2.70. The Balaban J connectivity index is 2.44. The minimum absolute atomic E-state index is 0.0290. The zero-order valence-electron chi connectivity index (χ0n) is 10.8. The Morgan fingerprint density at radius 1 is 1.44 bits per heavy atom. The fourth-order valence-corrected chi connectivity index (χ4v) is 3.68. The SMILES string of the molecule is CCCCC(CC)CNC(=O)c1cc(Br)c(Br)s1. The van der Waals surface area contributed by atoms with E-state index in [1.807, 2.05) is 6.07 Å². The summed E-state index contributed by atoms with van der Waals surface area (Å²) < 4.78 is 1.90. The lowest BCUT2D eigenvalue weighted by Gasteiger charge is -2.14. The fourth-order valence-electron chi connectivity index (χ4n) is 1.73. The van der Waals surface area contributed by atoms with Gasteiger partial charge in [0.25, 0.3) is 5.91 Å². The molecule has 0 radical (unpaired) electrons. The van der Waals surface area contributed by atoms with Crippen LogP contribution in [-0.4, -0.2) is 12.5 Å². The highest BCUT2D eigenvalue weighted by Crippen LogP contribution is 2.32. The molecule has 1 unspecified atom stereocenters. The van der Waals surface area contributed by atoms with Gasteiger partial charge in [-0.05, 0) is 50.3 Å². The summed E-state index contributed by atoms with van der Waals surface area (Å²) in [5.74, 6) is 0.627. The van der Waals surface area contributed by atoms with E-state index in [4.69, 9.17) is 0 Å². The number of nitrogens with one attached hydrogen (secondary N) is 1. The maximum Gasteiger partial charge on any atom is 0.261 e. The van der Waals surface area contributed by atoms with Gasteiger partial charge in [0.15, 0.2) is 0 Å². The van der Waals surface area contributed by atoms with E-state index in [1.54, 1.807) is 0 Å². The summed E-state index contributed by atoms with van der Waals surface area (Å²) in [4.78, 5) is 12.7. The number of carbonyl (C=O) groups is 1. The molecule has 102 valence electrons. The summed E-state index contributed by atoms with van der Waals surface area (Å²) in [7, 11) is 0. The molecule has 0 aliphatic heterocycles. The van der Waals surface area contributed by atoms with E-state index in [1.165, 1.54) is 30.6 Å². The lowest BCUT2D eigenvalue weighted by atomic mass is 9.99. The molecule has 2 nitrogen and oxygen atoms in total.